The van der Waals surface area contributed by atoms with E-state index < -0.39 is 11.9 Å². The summed E-state index contributed by atoms with van der Waals surface area (Å²) in [6.45, 7) is 1.69. The van der Waals surface area contributed by atoms with E-state index in [9.17, 15) is 9.18 Å². The first-order valence-electron chi connectivity index (χ1n) is 4.90. The van der Waals surface area contributed by atoms with E-state index in [2.05, 4.69) is 9.97 Å². The molecule has 4 nitrogen and oxygen atoms in total. The van der Waals surface area contributed by atoms with E-state index in [-0.39, 0.29) is 5.69 Å². The summed E-state index contributed by atoms with van der Waals surface area (Å²) in [5.74, 6) is -1.71. The Hall–Kier alpha value is -2.30. The van der Waals surface area contributed by atoms with E-state index in [1.54, 1.807) is 19.1 Å². The molecule has 0 unspecified atom stereocenters. The first-order valence-corrected chi connectivity index (χ1v) is 4.90. The molecule has 17 heavy (non-hydrogen) atoms. The van der Waals surface area contributed by atoms with Crippen LogP contribution >= 0.6 is 0 Å². The van der Waals surface area contributed by atoms with E-state index in [0.29, 0.717) is 16.8 Å². The molecule has 0 aliphatic carbocycles. The van der Waals surface area contributed by atoms with Crippen LogP contribution in [0.2, 0.25) is 0 Å². The minimum absolute atomic E-state index is 0.0581. The minimum atomic E-state index is -1.11. The molecule has 0 amide bonds. The molecule has 2 aromatic heterocycles. The molecule has 0 radical (unpaired) electrons. The maximum Gasteiger partial charge on any atom is 0.354 e. The van der Waals surface area contributed by atoms with Gasteiger partial charge in [-0.25, -0.2) is 14.8 Å². The fourth-order valence-corrected chi connectivity index (χ4v) is 1.53. The Morgan fingerprint density at radius 1 is 1.29 bits per heavy atom. The maximum atomic E-state index is 13.0. The molecule has 2 aromatic rings. The van der Waals surface area contributed by atoms with Crippen molar-refractivity contribution in [1.29, 1.82) is 0 Å². The number of pyridine rings is 2. The molecule has 1 N–H and O–H groups in total. The Balaban J connectivity index is 2.56. The van der Waals surface area contributed by atoms with Gasteiger partial charge in [0.2, 0.25) is 5.95 Å². The molecule has 5 heteroatoms. The lowest BCUT2D eigenvalue weighted by Crippen LogP contribution is -2.02. The zero-order valence-corrected chi connectivity index (χ0v) is 9.01. The monoisotopic (exact) mass is 232 g/mol. The van der Waals surface area contributed by atoms with E-state index >= 15 is 0 Å². The number of aromatic carboxylic acids is 1. The van der Waals surface area contributed by atoms with Crippen molar-refractivity contribution in [1.82, 2.24) is 9.97 Å². The molecule has 0 aliphatic rings. The van der Waals surface area contributed by atoms with Gasteiger partial charge in [0.05, 0.1) is 0 Å². The third kappa shape index (κ3) is 2.44. The highest BCUT2D eigenvalue weighted by Crippen LogP contribution is 2.20. The number of carboxylic acid groups (broad SMARTS) is 1. The molecule has 2 heterocycles. The average molecular weight is 232 g/mol. The van der Waals surface area contributed by atoms with Crippen molar-refractivity contribution in [3.8, 4) is 11.1 Å². The molecule has 0 atom stereocenters. The van der Waals surface area contributed by atoms with Crippen molar-refractivity contribution < 1.29 is 14.3 Å². The van der Waals surface area contributed by atoms with Crippen molar-refractivity contribution in [3.63, 3.8) is 0 Å². The zero-order valence-electron chi connectivity index (χ0n) is 9.01. The van der Waals surface area contributed by atoms with Crippen molar-refractivity contribution in [2.75, 3.05) is 0 Å². The summed E-state index contributed by atoms with van der Waals surface area (Å²) >= 11 is 0. The summed E-state index contributed by atoms with van der Waals surface area (Å²) in [7, 11) is 0. The van der Waals surface area contributed by atoms with Crippen LogP contribution in [-0.4, -0.2) is 21.0 Å². The fraction of sp³-hybridized carbons (Fsp3) is 0.0833. The number of carboxylic acids is 1. The van der Waals surface area contributed by atoms with Crippen molar-refractivity contribution >= 4 is 5.97 Å². The number of hydrogen-bond donors (Lipinski definition) is 1. The van der Waals surface area contributed by atoms with E-state index in [1.807, 2.05) is 0 Å². The molecule has 0 fully saturated rings. The predicted octanol–water partition coefficient (Wildman–Crippen LogP) is 2.29. The van der Waals surface area contributed by atoms with Crippen molar-refractivity contribution in [3.05, 3.63) is 47.8 Å². The van der Waals surface area contributed by atoms with E-state index in [0.717, 1.165) is 0 Å². The molecule has 0 aromatic carbocycles. The summed E-state index contributed by atoms with van der Waals surface area (Å²) < 4.78 is 13.0. The van der Waals surface area contributed by atoms with Crippen molar-refractivity contribution in [2.45, 2.75) is 6.92 Å². The smallest absolute Gasteiger partial charge is 0.354 e. The summed E-state index contributed by atoms with van der Waals surface area (Å²) in [5.41, 5.74) is 1.69. The number of hydrogen-bond acceptors (Lipinski definition) is 3. The number of nitrogens with zero attached hydrogens (tertiary/aromatic N) is 2. The van der Waals surface area contributed by atoms with Crippen LogP contribution in [-0.2, 0) is 0 Å². The largest absolute Gasteiger partial charge is 0.477 e. The lowest BCUT2D eigenvalue weighted by molar-refractivity contribution is 0.0690. The summed E-state index contributed by atoms with van der Waals surface area (Å²) in [5, 5.41) is 8.89. The van der Waals surface area contributed by atoms with E-state index in [1.165, 1.54) is 18.3 Å². The second-order valence-corrected chi connectivity index (χ2v) is 3.55. The third-order valence-corrected chi connectivity index (χ3v) is 2.23. The van der Waals surface area contributed by atoms with Crippen LogP contribution in [0.15, 0.2) is 30.5 Å². The first-order chi connectivity index (χ1) is 8.06. The minimum Gasteiger partial charge on any atom is -0.477 e. The Bertz CT molecular complexity index is 584. The topological polar surface area (TPSA) is 63.1 Å². The van der Waals surface area contributed by atoms with Gasteiger partial charge in [-0.2, -0.15) is 4.39 Å². The summed E-state index contributed by atoms with van der Waals surface area (Å²) in [4.78, 5) is 18.2. The van der Waals surface area contributed by atoms with Gasteiger partial charge < -0.3 is 5.11 Å². The van der Waals surface area contributed by atoms with Gasteiger partial charge in [0.25, 0.3) is 0 Å². The van der Waals surface area contributed by atoms with Crippen LogP contribution in [0.3, 0.4) is 0 Å². The highest BCUT2D eigenvalue weighted by atomic mass is 19.1. The molecular formula is C12H9FN2O2. The third-order valence-electron chi connectivity index (χ3n) is 2.23. The molecule has 2 rings (SSSR count). The second-order valence-electron chi connectivity index (χ2n) is 3.55. The molecule has 0 spiro atoms. The highest BCUT2D eigenvalue weighted by Gasteiger charge is 2.09. The number of carbonyl (C=O) groups is 1. The van der Waals surface area contributed by atoms with Crippen LogP contribution in [0.1, 0.15) is 16.2 Å². The molecule has 0 saturated carbocycles. The van der Waals surface area contributed by atoms with Gasteiger partial charge in [-0.1, -0.05) is 0 Å². The Morgan fingerprint density at radius 2 is 2.06 bits per heavy atom. The van der Waals surface area contributed by atoms with Crippen LogP contribution in [0, 0.1) is 12.9 Å². The Kier molecular flexibility index (Phi) is 2.82. The zero-order chi connectivity index (χ0) is 12.4. The molecule has 86 valence electrons. The average Bonchev–Trinajstić information content (AvgIpc) is 2.28. The number of aryl methyl sites for hydroxylation is 1. The van der Waals surface area contributed by atoms with Crippen LogP contribution in [0.25, 0.3) is 11.1 Å². The number of aromatic nitrogens is 2. The Labute approximate surface area is 96.8 Å². The van der Waals surface area contributed by atoms with Gasteiger partial charge in [-0.05, 0) is 36.2 Å². The molecule has 0 bridgehead atoms. The normalized spacial score (nSPS) is 10.2. The predicted molar refractivity (Wildman–Crippen MR) is 59.1 cm³/mol. The Morgan fingerprint density at radius 3 is 2.71 bits per heavy atom. The van der Waals surface area contributed by atoms with Gasteiger partial charge in [0.15, 0.2) is 0 Å². The molecule has 0 saturated heterocycles. The number of rotatable bonds is 2. The van der Waals surface area contributed by atoms with Gasteiger partial charge in [0.1, 0.15) is 5.69 Å². The van der Waals surface area contributed by atoms with Gasteiger partial charge >= 0.3 is 5.97 Å². The maximum absolute atomic E-state index is 13.0. The van der Waals surface area contributed by atoms with Gasteiger partial charge in [-0.3, -0.25) is 0 Å². The standard InChI is InChI=1S/C12H9FN2O2/c1-7-4-9(5-10(15-7)12(16)17)8-2-3-14-11(13)6-8/h2-6H,1H3,(H,16,17). The lowest BCUT2D eigenvalue weighted by atomic mass is 10.1. The van der Waals surface area contributed by atoms with E-state index in [4.69, 9.17) is 5.11 Å². The lowest BCUT2D eigenvalue weighted by Gasteiger charge is -2.04. The highest BCUT2D eigenvalue weighted by molar-refractivity contribution is 5.87. The fourth-order valence-electron chi connectivity index (χ4n) is 1.53. The first kappa shape index (κ1) is 11.2. The van der Waals surface area contributed by atoms with Crippen molar-refractivity contribution in [2.24, 2.45) is 0 Å². The van der Waals surface area contributed by atoms with Crippen LogP contribution in [0.4, 0.5) is 4.39 Å². The van der Waals surface area contributed by atoms with Gasteiger partial charge in [-0.15, -0.1) is 0 Å². The quantitative estimate of drug-likeness (QED) is 0.807. The molecular weight excluding hydrogens is 223 g/mol. The van der Waals surface area contributed by atoms with Crippen LogP contribution < -0.4 is 0 Å². The second kappa shape index (κ2) is 4.29. The summed E-state index contributed by atoms with van der Waals surface area (Å²) in [6, 6.07) is 5.97. The summed E-state index contributed by atoms with van der Waals surface area (Å²) in [6.07, 6.45) is 1.33. The van der Waals surface area contributed by atoms with Crippen LogP contribution in [0.5, 0.6) is 0 Å². The SMILES string of the molecule is Cc1cc(-c2ccnc(F)c2)cc(C(=O)O)n1. The number of halogens is 1. The van der Waals surface area contributed by atoms with Gasteiger partial charge in [0, 0.05) is 18.0 Å². The molecule has 0 aliphatic heterocycles.